The number of rotatable bonds is 7. The van der Waals surface area contributed by atoms with E-state index in [0.29, 0.717) is 60.3 Å². The molecule has 0 radical (unpaired) electrons. The second kappa shape index (κ2) is 12.8. The van der Waals surface area contributed by atoms with Gasteiger partial charge in [0.2, 0.25) is 5.91 Å². The minimum atomic E-state index is -0.562. The predicted octanol–water partition coefficient (Wildman–Crippen LogP) is 6.64. The van der Waals surface area contributed by atoms with E-state index in [2.05, 4.69) is 52.5 Å². The quantitative estimate of drug-likeness (QED) is 0.226. The molecule has 10 nitrogen and oxygen atoms in total. The van der Waals surface area contributed by atoms with Crippen molar-refractivity contribution in [2.24, 2.45) is 0 Å². The van der Waals surface area contributed by atoms with Crippen molar-refractivity contribution in [3.05, 3.63) is 65.2 Å². The normalized spacial score (nSPS) is 21.9. The lowest BCUT2D eigenvalue weighted by Crippen LogP contribution is -2.57. The summed E-state index contributed by atoms with van der Waals surface area (Å²) in [4.78, 5) is 41.7. The fraction of sp³-hybridized carbons (Fsp3) is 0.487. The molecule has 4 aliphatic rings. The molecule has 2 N–H and O–H groups in total. The zero-order chi connectivity index (χ0) is 34.7. The number of piperidine rings is 1. The summed E-state index contributed by atoms with van der Waals surface area (Å²) >= 11 is 0. The fourth-order valence-electron chi connectivity index (χ4n) is 8.63. The molecular weight excluding hydrogens is 633 g/mol. The molecule has 2 amide bonds. The molecule has 50 heavy (non-hydrogen) atoms. The number of hydrogen-bond donors (Lipinski definition) is 2. The number of likely N-dealkylation sites (tertiary alicyclic amines) is 1. The molecule has 1 saturated carbocycles. The van der Waals surface area contributed by atoms with Crippen molar-refractivity contribution in [2.75, 3.05) is 43.6 Å². The number of nitrogens with one attached hydrogen (secondary N) is 2. The van der Waals surface area contributed by atoms with E-state index < -0.39 is 11.2 Å². The van der Waals surface area contributed by atoms with Crippen molar-refractivity contribution in [1.82, 2.24) is 24.8 Å². The Balaban J connectivity index is 1.20. The van der Waals surface area contributed by atoms with Gasteiger partial charge in [-0.2, -0.15) is 0 Å². The van der Waals surface area contributed by atoms with Gasteiger partial charge in [0, 0.05) is 55.2 Å². The Morgan fingerprint density at radius 1 is 1.04 bits per heavy atom. The first kappa shape index (κ1) is 32.8. The summed E-state index contributed by atoms with van der Waals surface area (Å²) in [6.45, 7) is 9.29. The summed E-state index contributed by atoms with van der Waals surface area (Å²) in [7, 11) is 1.56. The van der Waals surface area contributed by atoms with E-state index in [-0.39, 0.29) is 29.6 Å². The van der Waals surface area contributed by atoms with Crippen LogP contribution in [-0.4, -0.2) is 76.7 Å². The molecule has 4 aromatic rings. The highest BCUT2D eigenvalue weighted by atomic mass is 19.1. The number of nitrogens with zero attached hydrogens (tertiary/aromatic N) is 5. The zero-order valence-electron chi connectivity index (χ0n) is 29.4. The van der Waals surface area contributed by atoms with E-state index in [1.54, 1.807) is 20.3 Å². The first-order valence-corrected chi connectivity index (χ1v) is 18.2. The van der Waals surface area contributed by atoms with Crippen LogP contribution in [0.1, 0.15) is 86.3 Å². The number of amides is 2. The van der Waals surface area contributed by atoms with Gasteiger partial charge in [0.25, 0.3) is 5.91 Å². The maximum absolute atomic E-state index is 15.5. The number of fused-ring (bicyclic) bond motifs is 3. The molecule has 2 saturated heterocycles. The third kappa shape index (κ3) is 5.37. The molecule has 11 heteroatoms. The van der Waals surface area contributed by atoms with E-state index in [1.807, 2.05) is 10.6 Å². The molecule has 2 aromatic heterocycles. The lowest BCUT2D eigenvalue weighted by molar-refractivity contribution is -0.127. The van der Waals surface area contributed by atoms with Gasteiger partial charge in [-0.25, -0.2) is 14.4 Å². The van der Waals surface area contributed by atoms with Crippen molar-refractivity contribution in [3.8, 4) is 11.3 Å². The first-order valence-electron chi connectivity index (χ1n) is 18.2. The topological polar surface area (TPSA) is 105 Å². The Labute approximate surface area is 292 Å². The molecule has 1 aliphatic carbocycles. The minimum absolute atomic E-state index is 0.0731. The number of anilines is 3. The van der Waals surface area contributed by atoms with Gasteiger partial charge >= 0.3 is 0 Å². The highest BCUT2D eigenvalue weighted by molar-refractivity contribution is 6.09. The molecular formula is C39H46FN7O3. The second-order valence-electron chi connectivity index (χ2n) is 14.8. The summed E-state index contributed by atoms with van der Waals surface area (Å²) in [6, 6.07) is 11.9. The fourth-order valence-corrected chi connectivity index (χ4v) is 8.63. The molecule has 2 aromatic carbocycles. The van der Waals surface area contributed by atoms with Crippen molar-refractivity contribution in [1.29, 1.82) is 0 Å². The molecule has 0 bridgehead atoms. The number of ether oxygens (including phenoxy) is 1. The number of benzene rings is 2. The Kier molecular flexibility index (Phi) is 8.38. The predicted molar refractivity (Wildman–Crippen MR) is 193 cm³/mol. The smallest absolute Gasteiger partial charge is 0.251 e. The average molecular weight is 680 g/mol. The van der Waals surface area contributed by atoms with Gasteiger partial charge in [-0.1, -0.05) is 18.6 Å². The van der Waals surface area contributed by atoms with Gasteiger partial charge in [-0.15, -0.1) is 0 Å². The Morgan fingerprint density at radius 2 is 1.80 bits per heavy atom. The number of pyridine rings is 1. The third-order valence-corrected chi connectivity index (χ3v) is 11.6. The number of imidazole rings is 1. The van der Waals surface area contributed by atoms with Crippen LogP contribution in [0.4, 0.5) is 21.6 Å². The number of halogens is 1. The van der Waals surface area contributed by atoms with Crippen LogP contribution in [0.15, 0.2) is 42.7 Å². The van der Waals surface area contributed by atoms with Gasteiger partial charge in [0.1, 0.15) is 11.3 Å². The number of aryl methyl sites for hydroxylation is 1. The Bertz CT molecular complexity index is 1970. The number of carbonyl (C=O) groups excluding carboxylic acids is 2. The summed E-state index contributed by atoms with van der Waals surface area (Å²) in [5.41, 5.74) is 5.54. The molecule has 0 atom stereocenters. The van der Waals surface area contributed by atoms with Gasteiger partial charge in [-0.3, -0.25) is 9.59 Å². The zero-order valence-corrected chi connectivity index (χ0v) is 29.4. The average Bonchev–Trinajstić information content (AvgIpc) is 3.64. The lowest BCUT2D eigenvalue weighted by atomic mass is 9.75. The summed E-state index contributed by atoms with van der Waals surface area (Å²) in [6.07, 6.45) is 8.96. The maximum atomic E-state index is 15.5. The number of carbonyl (C=O) groups is 2. The molecule has 262 valence electrons. The Hall–Kier alpha value is -4.35. The molecule has 3 fully saturated rings. The van der Waals surface area contributed by atoms with Crippen molar-refractivity contribution < 1.29 is 18.7 Å². The van der Waals surface area contributed by atoms with E-state index in [1.165, 1.54) is 31.4 Å². The molecule has 0 unspecified atom stereocenters. The highest BCUT2D eigenvalue weighted by Gasteiger charge is 2.55. The van der Waals surface area contributed by atoms with E-state index >= 15 is 4.39 Å². The van der Waals surface area contributed by atoms with Gasteiger partial charge in [-0.05, 0) is 108 Å². The van der Waals surface area contributed by atoms with Crippen molar-refractivity contribution >= 4 is 40.0 Å². The van der Waals surface area contributed by atoms with Gasteiger partial charge < -0.3 is 29.7 Å². The maximum Gasteiger partial charge on any atom is 0.251 e. The third-order valence-electron chi connectivity index (χ3n) is 11.6. The summed E-state index contributed by atoms with van der Waals surface area (Å²) < 4.78 is 23.2. The minimum Gasteiger partial charge on any atom is -0.381 e. The summed E-state index contributed by atoms with van der Waals surface area (Å²) in [5, 5.41) is 5.87. The van der Waals surface area contributed by atoms with Crippen LogP contribution in [0.2, 0.25) is 0 Å². The van der Waals surface area contributed by atoms with E-state index in [0.717, 1.165) is 48.3 Å². The SMILES string of the molecule is CNC(=O)c1cc(Nc2nc(-c3ccc4c(c3)N(C3CC(N5CCCCC5)C3)C(=O)C43CCOCC3)cc3ncn(C(C)C)c23)c(F)cc1C. The van der Waals surface area contributed by atoms with Crippen LogP contribution in [0, 0.1) is 12.7 Å². The second-order valence-corrected chi connectivity index (χ2v) is 14.8. The molecule has 3 aliphatic heterocycles. The van der Waals surface area contributed by atoms with Crippen molar-refractivity contribution in [3.63, 3.8) is 0 Å². The van der Waals surface area contributed by atoms with Crippen LogP contribution < -0.4 is 15.5 Å². The Morgan fingerprint density at radius 3 is 2.52 bits per heavy atom. The van der Waals surface area contributed by atoms with E-state index in [4.69, 9.17) is 14.7 Å². The largest absolute Gasteiger partial charge is 0.381 e. The van der Waals surface area contributed by atoms with E-state index in [9.17, 15) is 9.59 Å². The standard InChI is InChI=1S/C39H46FN7O3/c1-23(2)46-22-42-33-21-31(43-36(35(33)46)44-32-20-28(37(48)41-4)24(3)16-30(32)40)25-8-9-29-34(17-25)47(38(49)39(29)10-14-50-15-11-39)27-18-26(19-27)45-12-6-5-7-13-45/h8-9,16-17,20-23,26-27H,5-7,10-15,18-19H2,1-4H3,(H,41,48)(H,43,44). The monoisotopic (exact) mass is 679 g/mol. The number of hydrogen-bond acceptors (Lipinski definition) is 7. The van der Waals surface area contributed by atoms with Crippen LogP contribution >= 0.6 is 0 Å². The van der Waals surface area contributed by atoms with Crippen LogP contribution in [-0.2, 0) is 14.9 Å². The van der Waals surface area contributed by atoms with Gasteiger partial charge in [0.15, 0.2) is 5.82 Å². The highest BCUT2D eigenvalue weighted by Crippen LogP contribution is 2.52. The van der Waals surface area contributed by atoms with Crippen LogP contribution in [0.25, 0.3) is 22.3 Å². The van der Waals surface area contributed by atoms with Crippen LogP contribution in [0.3, 0.4) is 0 Å². The summed E-state index contributed by atoms with van der Waals surface area (Å²) in [5.74, 6) is -0.133. The first-order chi connectivity index (χ1) is 24.2. The van der Waals surface area contributed by atoms with Gasteiger partial charge in [0.05, 0.1) is 28.6 Å². The van der Waals surface area contributed by atoms with Crippen molar-refractivity contribution in [2.45, 2.75) is 89.3 Å². The molecule has 1 spiro atoms. The molecule has 8 rings (SSSR count). The number of aromatic nitrogens is 3. The van der Waals surface area contributed by atoms with Crippen LogP contribution in [0.5, 0.6) is 0 Å². The lowest BCUT2D eigenvalue weighted by Gasteiger charge is -2.48. The molecule has 5 heterocycles.